The topological polar surface area (TPSA) is 69.9 Å². The fourth-order valence-electron chi connectivity index (χ4n) is 3.82. The van der Waals surface area contributed by atoms with E-state index >= 15 is 0 Å². The Hall–Kier alpha value is -3.56. The number of halogens is 5. The van der Waals surface area contributed by atoms with Crippen molar-refractivity contribution in [3.05, 3.63) is 82.0 Å². The summed E-state index contributed by atoms with van der Waals surface area (Å²) in [5.74, 6) is -0.367. The molecule has 200 valence electrons. The van der Waals surface area contributed by atoms with Gasteiger partial charge in [0.25, 0.3) is 0 Å². The molecule has 0 aliphatic carbocycles. The summed E-state index contributed by atoms with van der Waals surface area (Å²) in [6.45, 7) is 4.70. The molecule has 0 radical (unpaired) electrons. The minimum absolute atomic E-state index is 0.116. The number of alkyl halides is 3. The lowest BCUT2D eigenvalue weighted by Crippen LogP contribution is -2.37. The van der Waals surface area contributed by atoms with Crippen molar-refractivity contribution in [1.29, 1.82) is 0 Å². The van der Waals surface area contributed by atoms with E-state index in [2.05, 4.69) is 4.74 Å². The number of carboxylic acids is 1. The highest BCUT2D eigenvalue weighted by molar-refractivity contribution is 6.31. The number of aromatic nitrogens is 1. The highest BCUT2D eigenvalue weighted by Gasteiger charge is 2.32. The molecule has 0 bridgehead atoms. The Morgan fingerprint density at radius 1 is 0.921 bits per heavy atom. The van der Waals surface area contributed by atoms with Crippen molar-refractivity contribution < 1.29 is 37.3 Å². The number of nitrogens with zero attached hydrogens (tertiary/aromatic N) is 1. The van der Waals surface area contributed by atoms with Crippen molar-refractivity contribution in [1.82, 2.24) is 4.57 Å². The molecule has 1 aromatic heterocycles. The van der Waals surface area contributed by atoms with Gasteiger partial charge in [0, 0.05) is 28.0 Å². The summed E-state index contributed by atoms with van der Waals surface area (Å²) in [5, 5.41) is 10.8. The van der Waals surface area contributed by atoms with E-state index in [9.17, 15) is 23.1 Å². The van der Waals surface area contributed by atoms with Crippen molar-refractivity contribution in [2.24, 2.45) is 0 Å². The first-order chi connectivity index (χ1) is 17.7. The molecule has 0 fully saturated rings. The summed E-state index contributed by atoms with van der Waals surface area (Å²) in [5.41, 5.74) is 0.0595. The lowest BCUT2D eigenvalue weighted by Gasteiger charge is -2.22. The van der Waals surface area contributed by atoms with Crippen molar-refractivity contribution in [3.8, 4) is 23.0 Å². The van der Waals surface area contributed by atoms with E-state index in [0.29, 0.717) is 43.7 Å². The van der Waals surface area contributed by atoms with Crippen LogP contribution >= 0.6 is 23.2 Å². The number of benzene rings is 3. The molecule has 0 atom stereocenters. The van der Waals surface area contributed by atoms with Gasteiger partial charge in [0.1, 0.15) is 17.2 Å². The van der Waals surface area contributed by atoms with E-state index in [1.54, 1.807) is 54.0 Å². The Morgan fingerprint density at radius 2 is 1.53 bits per heavy atom. The maximum atomic E-state index is 12.9. The van der Waals surface area contributed by atoms with Crippen LogP contribution in [0.4, 0.5) is 13.2 Å². The van der Waals surface area contributed by atoms with Crippen LogP contribution in [0.25, 0.3) is 10.9 Å². The molecule has 1 N–H and O–H groups in total. The van der Waals surface area contributed by atoms with Crippen LogP contribution in [-0.2, 0) is 11.3 Å². The van der Waals surface area contributed by atoms with Gasteiger partial charge in [0.15, 0.2) is 11.4 Å². The van der Waals surface area contributed by atoms with Crippen LogP contribution in [-0.4, -0.2) is 27.6 Å². The number of hydrogen-bond donors (Lipinski definition) is 1. The van der Waals surface area contributed by atoms with Gasteiger partial charge < -0.3 is 23.9 Å². The predicted molar refractivity (Wildman–Crippen MR) is 138 cm³/mol. The Morgan fingerprint density at radius 3 is 2.16 bits per heavy atom. The third-order valence-corrected chi connectivity index (χ3v) is 6.36. The monoisotopic (exact) mass is 567 g/mol. The summed E-state index contributed by atoms with van der Waals surface area (Å²) in [7, 11) is 0. The Bertz CT molecular complexity index is 1500. The van der Waals surface area contributed by atoms with Crippen molar-refractivity contribution in [3.63, 3.8) is 0 Å². The van der Waals surface area contributed by atoms with E-state index in [1.165, 1.54) is 32.0 Å². The third-order valence-electron chi connectivity index (χ3n) is 5.74. The molecule has 4 aromatic rings. The van der Waals surface area contributed by atoms with E-state index in [0.717, 1.165) is 0 Å². The van der Waals surface area contributed by atoms with E-state index < -0.39 is 23.7 Å². The second kappa shape index (κ2) is 10.3. The van der Waals surface area contributed by atoms with Crippen LogP contribution in [0.15, 0.2) is 60.7 Å². The number of carbonyl (C=O) groups is 1. The van der Waals surface area contributed by atoms with E-state index in [-0.39, 0.29) is 12.3 Å². The molecule has 11 heteroatoms. The lowest BCUT2D eigenvalue weighted by atomic mass is 10.1. The van der Waals surface area contributed by atoms with Gasteiger partial charge in [0.05, 0.1) is 11.2 Å². The summed E-state index contributed by atoms with van der Waals surface area (Å²) in [6.07, 6.45) is -4.87. The zero-order chi connectivity index (χ0) is 27.8. The first-order valence-corrected chi connectivity index (χ1v) is 12.0. The average molecular weight is 568 g/mol. The van der Waals surface area contributed by atoms with Gasteiger partial charge in [0.2, 0.25) is 0 Å². The molecule has 0 unspecified atom stereocenters. The van der Waals surface area contributed by atoms with Crippen LogP contribution < -0.4 is 14.2 Å². The van der Waals surface area contributed by atoms with Gasteiger partial charge in [-0.25, -0.2) is 4.79 Å². The number of rotatable bonds is 8. The van der Waals surface area contributed by atoms with Crippen LogP contribution in [0.1, 0.15) is 25.1 Å². The fourth-order valence-corrected chi connectivity index (χ4v) is 4.12. The predicted octanol–water partition coefficient (Wildman–Crippen LogP) is 8.24. The second-order valence-corrected chi connectivity index (χ2v) is 9.80. The van der Waals surface area contributed by atoms with Crippen LogP contribution in [0.2, 0.25) is 10.0 Å². The molecular formula is C27H22Cl2F3NO5. The molecular weight excluding hydrogens is 546 g/mol. The smallest absolute Gasteiger partial charge is 0.478 e. The molecule has 0 amide bonds. The third kappa shape index (κ3) is 6.11. The minimum Gasteiger partial charge on any atom is -0.478 e. The Kier molecular flexibility index (Phi) is 7.45. The normalized spacial score (nSPS) is 12.0. The Balaban J connectivity index is 1.80. The molecule has 1 heterocycles. The van der Waals surface area contributed by atoms with Crippen LogP contribution in [0, 0.1) is 6.92 Å². The van der Waals surface area contributed by atoms with Gasteiger partial charge in [-0.05, 0) is 80.9 Å². The maximum absolute atomic E-state index is 12.9. The fraction of sp³-hybridized carbons (Fsp3) is 0.222. The molecule has 38 heavy (non-hydrogen) atoms. The quantitative estimate of drug-likeness (QED) is 0.232. The first-order valence-electron chi connectivity index (χ1n) is 11.3. The zero-order valence-corrected chi connectivity index (χ0v) is 21.9. The largest absolute Gasteiger partial charge is 0.573 e. The van der Waals surface area contributed by atoms with Gasteiger partial charge >= 0.3 is 12.3 Å². The van der Waals surface area contributed by atoms with Gasteiger partial charge in [-0.15, -0.1) is 13.2 Å². The maximum Gasteiger partial charge on any atom is 0.573 e. The first kappa shape index (κ1) is 27.5. The standard InChI is InChI=1S/C27H22Cl2F3NO5/c1-15-24(36-18-6-4-17(28)5-7-18)21-10-8-20(38-27(30,31)32)13-23(21)33(15)14-16-12-19(9-11-22(16)29)37-26(2,3)25(34)35/h4-13H,14H2,1-3H3,(H,34,35). The van der Waals surface area contributed by atoms with Crippen molar-refractivity contribution in [2.75, 3.05) is 0 Å². The van der Waals surface area contributed by atoms with E-state index in [4.69, 9.17) is 32.7 Å². The van der Waals surface area contributed by atoms with Crippen molar-refractivity contribution in [2.45, 2.75) is 39.3 Å². The molecule has 0 aliphatic heterocycles. The van der Waals surface area contributed by atoms with Crippen LogP contribution in [0.5, 0.6) is 23.0 Å². The van der Waals surface area contributed by atoms with Gasteiger partial charge in [-0.3, -0.25) is 0 Å². The van der Waals surface area contributed by atoms with Gasteiger partial charge in [-0.2, -0.15) is 0 Å². The number of hydrogen-bond acceptors (Lipinski definition) is 4. The lowest BCUT2D eigenvalue weighted by molar-refractivity contribution is -0.274. The summed E-state index contributed by atoms with van der Waals surface area (Å²) >= 11 is 12.4. The van der Waals surface area contributed by atoms with Crippen LogP contribution in [0.3, 0.4) is 0 Å². The molecule has 0 spiro atoms. The number of fused-ring (bicyclic) bond motifs is 1. The molecule has 0 aliphatic rings. The summed E-state index contributed by atoms with van der Waals surface area (Å²) in [6, 6.07) is 15.3. The Labute approximate surface area is 226 Å². The second-order valence-electron chi connectivity index (χ2n) is 8.95. The summed E-state index contributed by atoms with van der Waals surface area (Å²) in [4.78, 5) is 11.5. The molecule has 3 aromatic carbocycles. The molecule has 0 saturated carbocycles. The van der Waals surface area contributed by atoms with Crippen molar-refractivity contribution >= 4 is 40.1 Å². The molecule has 6 nitrogen and oxygen atoms in total. The highest BCUT2D eigenvalue weighted by Crippen LogP contribution is 2.40. The minimum atomic E-state index is -4.87. The van der Waals surface area contributed by atoms with E-state index in [1.807, 2.05) is 0 Å². The number of aliphatic carboxylic acids is 1. The summed E-state index contributed by atoms with van der Waals surface area (Å²) < 4.78 is 56.5. The molecule has 4 rings (SSSR count). The average Bonchev–Trinajstić information content (AvgIpc) is 3.06. The molecule has 0 saturated heterocycles. The van der Waals surface area contributed by atoms with Gasteiger partial charge in [-0.1, -0.05) is 23.2 Å². The number of carboxylic acid groups (broad SMARTS) is 1. The number of ether oxygens (including phenoxy) is 3. The SMILES string of the molecule is Cc1c(Oc2ccc(Cl)cc2)c2ccc(OC(F)(F)F)cc2n1Cc1cc(OC(C)(C)C(=O)O)ccc1Cl. The zero-order valence-electron chi connectivity index (χ0n) is 20.4. The highest BCUT2D eigenvalue weighted by atomic mass is 35.5.